The smallest absolute Gasteiger partial charge is 0.373 e. The number of amides is 1. The predicted molar refractivity (Wildman–Crippen MR) is 109 cm³/mol. The van der Waals surface area contributed by atoms with Crippen molar-refractivity contribution >= 4 is 36.0 Å². The Labute approximate surface area is 173 Å². The number of amidine groups is 1. The Hall–Kier alpha value is -2.66. The van der Waals surface area contributed by atoms with Crippen molar-refractivity contribution in [2.24, 2.45) is 10.7 Å². The van der Waals surface area contributed by atoms with Gasteiger partial charge in [0.05, 0.1) is 17.0 Å². The van der Waals surface area contributed by atoms with Gasteiger partial charge < -0.3 is 15.4 Å². The molecule has 2 N–H and O–H groups in total. The summed E-state index contributed by atoms with van der Waals surface area (Å²) in [6, 6.07) is 5.28. The Morgan fingerprint density at radius 2 is 1.97 bits per heavy atom. The van der Waals surface area contributed by atoms with Gasteiger partial charge >= 0.3 is 5.97 Å². The van der Waals surface area contributed by atoms with E-state index in [1.165, 1.54) is 24.3 Å². The number of hydrogen-bond acceptors (Lipinski definition) is 8. The molecule has 0 aromatic heterocycles. The number of esters is 1. The molecule has 156 valence electrons. The van der Waals surface area contributed by atoms with Crippen LogP contribution in [-0.4, -0.2) is 76.5 Å². The van der Waals surface area contributed by atoms with Gasteiger partial charge in [-0.1, -0.05) is 0 Å². The zero-order valence-electron chi connectivity index (χ0n) is 15.9. The standard InChI is InChI=1S/C18H23N5O5S/c1-21-9-14(29)6-15(21)17(24)22-7-12(8-22)20-16(19)18(25)28-10-11-2-4-13(5-3-11)23(26)27/h2-5,12,14-15,29H,6-10H2,1H3,(H2,19,20)/t14-,15-/m0/s1. The highest BCUT2D eigenvalue weighted by atomic mass is 32.1. The monoisotopic (exact) mass is 421 g/mol. The Bertz CT molecular complexity index is 824. The highest BCUT2D eigenvalue weighted by Crippen LogP contribution is 2.24. The van der Waals surface area contributed by atoms with E-state index in [2.05, 4.69) is 17.6 Å². The quantitative estimate of drug-likeness (QED) is 0.173. The molecular weight excluding hydrogens is 398 g/mol. The molecule has 1 aromatic rings. The summed E-state index contributed by atoms with van der Waals surface area (Å²) >= 11 is 4.43. The van der Waals surface area contributed by atoms with Crippen molar-refractivity contribution in [3.05, 3.63) is 39.9 Å². The van der Waals surface area contributed by atoms with Crippen LogP contribution >= 0.6 is 12.6 Å². The first-order valence-electron chi connectivity index (χ1n) is 9.15. The third kappa shape index (κ3) is 5.04. The number of hydrogen-bond donors (Lipinski definition) is 2. The van der Waals surface area contributed by atoms with Crippen molar-refractivity contribution < 1.29 is 19.2 Å². The van der Waals surface area contributed by atoms with Crippen molar-refractivity contribution in [1.29, 1.82) is 0 Å². The lowest BCUT2D eigenvalue weighted by atomic mass is 10.1. The normalized spacial score (nSPS) is 23.0. The summed E-state index contributed by atoms with van der Waals surface area (Å²) in [6.07, 6.45) is 0.722. The first-order valence-corrected chi connectivity index (χ1v) is 9.67. The largest absolute Gasteiger partial charge is 0.455 e. The molecule has 2 heterocycles. The maximum atomic E-state index is 12.5. The highest BCUT2D eigenvalue weighted by molar-refractivity contribution is 7.81. The van der Waals surface area contributed by atoms with Crippen molar-refractivity contribution in [2.75, 3.05) is 26.7 Å². The summed E-state index contributed by atoms with van der Waals surface area (Å²) in [6.45, 7) is 1.54. The maximum Gasteiger partial charge on any atom is 0.373 e. The number of likely N-dealkylation sites (N-methyl/N-ethyl adjacent to an activating group) is 1. The molecule has 2 fully saturated rings. The van der Waals surface area contributed by atoms with E-state index in [0.717, 1.165) is 13.0 Å². The van der Waals surface area contributed by atoms with Crippen LogP contribution in [0.1, 0.15) is 12.0 Å². The van der Waals surface area contributed by atoms with Crippen molar-refractivity contribution in [1.82, 2.24) is 9.80 Å². The fraction of sp³-hybridized carbons (Fsp3) is 0.500. The van der Waals surface area contributed by atoms with Crippen LogP contribution in [0, 0.1) is 10.1 Å². The second-order valence-corrected chi connectivity index (χ2v) is 7.99. The van der Waals surface area contributed by atoms with Crippen LogP contribution in [0.4, 0.5) is 5.69 Å². The summed E-state index contributed by atoms with van der Waals surface area (Å²) in [5.41, 5.74) is 6.26. The third-order valence-electron chi connectivity index (χ3n) is 5.03. The van der Waals surface area contributed by atoms with Gasteiger partial charge in [0.2, 0.25) is 11.7 Å². The van der Waals surface area contributed by atoms with E-state index >= 15 is 0 Å². The Morgan fingerprint density at radius 3 is 2.52 bits per heavy atom. The number of aliphatic imine (C=N–C) groups is 1. The van der Waals surface area contributed by atoms with Gasteiger partial charge in [0, 0.05) is 37.0 Å². The number of non-ortho nitro benzene ring substituents is 1. The van der Waals surface area contributed by atoms with Crippen LogP contribution in [0.2, 0.25) is 0 Å². The van der Waals surface area contributed by atoms with E-state index in [-0.39, 0.29) is 41.4 Å². The molecular formula is C18H23N5O5S. The Kier molecular flexibility index (Phi) is 6.38. The molecule has 2 saturated heterocycles. The minimum atomic E-state index is -0.762. The van der Waals surface area contributed by atoms with Gasteiger partial charge in [0.25, 0.3) is 5.69 Å². The lowest BCUT2D eigenvalue weighted by Gasteiger charge is -2.39. The van der Waals surface area contributed by atoms with Gasteiger partial charge in [-0.05, 0) is 31.2 Å². The van der Waals surface area contributed by atoms with E-state index in [0.29, 0.717) is 18.7 Å². The van der Waals surface area contributed by atoms with Gasteiger partial charge in [-0.2, -0.15) is 12.6 Å². The van der Waals surface area contributed by atoms with E-state index < -0.39 is 10.9 Å². The molecule has 0 aliphatic carbocycles. The zero-order chi connectivity index (χ0) is 21.1. The molecule has 3 rings (SSSR count). The van der Waals surface area contributed by atoms with Crippen LogP contribution in [-0.2, 0) is 20.9 Å². The fourth-order valence-corrected chi connectivity index (χ4v) is 3.83. The zero-order valence-corrected chi connectivity index (χ0v) is 16.8. The molecule has 0 radical (unpaired) electrons. The van der Waals surface area contributed by atoms with Gasteiger partial charge in [-0.15, -0.1) is 0 Å². The number of carbonyl (C=O) groups excluding carboxylic acids is 2. The highest BCUT2D eigenvalue weighted by Gasteiger charge is 2.40. The first kappa shape index (κ1) is 21.1. The molecule has 0 unspecified atom stereocenters. The number of rotatable bonds is 5. The number of nitro groups is 1. The Balaban J connectivity index is 1.44. The minimum Gasteiger partial charge on any atom is -0.455 e. The van der Waals surface area contributed by atoms with Crippen molar-refractivity contribution in [3.63, 3.8) is 0 Å². The average Bonchev–Trinajstić information content (AvgIpc) is 3.00. The second kappa shape index (κ2) is 8.78. The van der Waals surface area contributed by atoms with Gasteiger partial charge in [0.15, 0.2) is 0 Å². The van der Waals surface area contributed by atoms with E-state index in [1.54, 1.807) is 4.90 Å². The third-order valence-corrected chi connectivity index (χ3v) is 5.41. The molecule has 11 heteroatoms. The molecule has 29 heavy (non-hydrogen) atoms. The maximum absolute atomic E-state index is 12.5. The van der Waals surface area contributed by atoms with Gasteiger partial charge in [0.1, 0.15) is 6.61 Å². The molecule has 10 nitrogen and oxygen atoms in total. The second-order valence-electron chi connectivity index (χ2n) is 7.26. The number of benzene rings is 1. The molecule has 0 bridgehead atoms. The minimum absolute atomic E-state index is 0.0427. The molecule has 0 saturated carbocycles. The molecule has 1 amide bonds. The predicted octanol–water partition coefficient (Wildman–Crippen LogP) is 0.209. The van der Waals surface area contributed by atoms with E-state index in [9.17, 15) is 19.7 Å². The molecule has 0 spiro atoms. The van der Waals surface area contributed by atoms with Crippen LogP contribution in [0.3, 0.4) is 0 Å². The van der Waals surface area contributed by atoms with Crippen LogP contribution in [0.5, 0.6) is 0 Å². The summed E-state index contributed by atoms with van der Waals surface area (Å²) in [5.74, 6) is -0.964. The molecule has 1 aromatic carbocycles. The van der Waals surface area contributed by atoms with Crippen LogP contribution in [0.25, 0.3) is 0 Å². The Morgan fingerprint density at radius 1 is 1.31 bits per heavy atom. The van der Waals surface area contributed by atoms with Crippen molar-refractivity contribution in [3.8, 4) is 0 Å². The lowest BCUT2D eigenvalue weighted by Crippen LogP contribution is -2.57. The summed E-state index contributed by atoms with van der Waals surface area (Å²) < 4.78 is 5.08. The summed E-state index contributed by atoms with van der Waals surface area (Å²) in [7, 11) is 1.91. The number of likely N-dealkylation sites (tertiary alicyclic amines) is 2. The SMILES string of the molecule is CN1C[C@@H](S)C[C@H]1C(=O)N1CC(N=C(N)C(=O)OCc2ccc([N+](=O)[O-])cc2)C1. The number of nitrogens with two attached hydrogens (primary N) is 1. The van der Waals surface area contributed by atoms with E-state index in [1.807, 2.05) is 11.9 Å². The lowest BCUT2D eigenvalue weighted by molar-refractivity contribution is -0.384. The number of nitrogens with zero attached hydrogens (tertiary/aromatic N) is 4. The average molecular weight is 421 g/mol. The summed E-state index contributed by atoms with van der Waals surface area (Å²) in [4.78, 5) is 42.5. The van der Waals surface area contributed by atoms with Crippen LogP contribution < -0.4 is 5.73 Å². The first-order chi connectivity index (χ1) is 13.7. The number of ether oxygens (including phenoxy) is 1. The molecule has 2 aliphatic heterocycles. The van der Waals surface area contributed by atoms with Crippen molar-refractivity contribution in [2.45, 2.75) is 30.4 Å². The number of thiol groups is 1. The van der Waals surface area contributed by atoms with Gasteiger partial charge in [-0.3, -0.25) is 24.8 Å². The molecule has 2 atom stereocenters. The topological polar surface area (TPSA) is 131 Å². The van der Waals surface area contributed by atoms with E-state index in [4.69, 9.17) is 10.5 Å². The number of carbonyl (C=O) groups is 2. The number of nitro benzene ring substituents is 1. The molecule has 2 aliphatic rings. The van der Waals surface area contributed by atoms with Gasteiger partial charge in [-0.25, -0.2) is 4.79 Å². The fourth-order valence-electron chi connectivity index (χ4n) is 3.37. The summed E-state index contributed by atoms with van der Waals surface area (Å²) in [5, 5.41) is 10.8. The van der Waals surface area contributed by atoms with Crippen LogP contribution in [0.15, 0.2) is 29.3 Å².